The van der Waals surface area contributed by atoms with Crippen molar-refractivity contribution in [1.29, 1.82) is 0 Å². The monoisotopic (exact) mass is 502 g/mol. The first-order valence-electron chi connectivity index (χ1n) is 7.80. The van der Waals surface area contributed by atoms with Crippen LogP contribution in [0.2, 0.25) is 0 Å². The lowest BCUT2D eigenvalue weighted by Gasteiger charge is -2.30. The number of halogens is 4. The van der Waals surface area contributed by atoms with Crippen molar-refractivity contribution in [2.75, 3.05) is 46.4 Å². The highest BCUT2D eigenvalue weighted by atomic mass is 127. The Balaban J connectivity index is 0.00000576. The van der Waals surface area contributed by atoms with E-state index >= 15 is 0 Å². The minimum absolute atomic E-state index is 0. The summed E-state index contributed by atoms with van der Waals surface area (Å²) in [5, 5.41) is 6.14. The molecule has 1 aliphatic heterocycles. The average molecular weight is 502 g/mol. The topological polar surface area (TPSA) is 83.0 Å². The summed E-state index contributed by atoms with van der Waals surface area (Å²) >= 11 is 0. The normalized spacial score (nSPS) is 17.9. The number of guanidine groups is 1. The molecule has 0 saturated carbocycles. The summed E-state index contributed by atoms with van der Waals surface area (Å²) in [6.07, 6.45) is 0.715. The Hall–Kier alpha value is -0.340. The summed E-state index contributed by atoms with van der Waals surface area (Å²) in [7, 11) is -3.63. The Bertz CT molecular complexity index is 509. The van der Waals surface area contributed by atoms with Crippen molar-refractivity contribution in [3.05, 3.63) is 0 Å². The Morgan fingerprint density at radius 1 is 1.28 bits per heavy atom. The van der Waals surface area contributed by atoms with E-state index in [1.165, 1.54) is 0 Å². The predicted molar refractivity (Wildman–Crippen MR) is 101 cm³/mol. The molecule has 0 aliphatic carbocycles. The van der Waals surface area contributed by atoms with E-state index in [1.54, 1.807) is 7.11 Å². The molecule has 0 radical (unpaired) electrons. The second kappa shape index (κ2) is 11.4. The molecule has 1 rings (SSSR count). The molecule has 0 atom stereocenters. The van der Waals surface area contributed by atoms with Crippen molar-refractivity contribution >= 4 is 40.0 Å². The number of nitrogens with one attached hydrogen (secondary N) is 2. The minimum Gasteiger partial charge on any atom is -0.383 e. The minimum atomic E-state index is -5.23. The first-order chi connectivity index (χ1) is 11.2. The van der Waals surface area contributed by atoms with E-state index in [0.717, 1.165) is 0 Å². The van der Waals surface area contributed by atoms with Crippen LogP contribution in [-0.4, -0.2) is 70.6 Å². The molecule has 1 heterocycles. The molecule has 0 amide bonds. The molecule has 7 nitrogen and oxygen atoms in total. The van der Waals surface area contributed by atoms with E-state index in [-0.39, 0.29) is 43.0 Å². The van der Waals surface area contributed by atoms with Gasteiger partial charge in [0.25, 0.3) is 0 Å². The van der Waals surface area contributed by atoms with Gasteiger partial charge in [0.05, 0.1) is 6.61 Å². The van der Waals surface area contributed by atoms with Crippen LogP contribution in [0.3, 0.4) is 0 Å². The molecule has 12 heteroatoms. The lowest BCUT2D eigenvalue weighted by Crippen LogP contribution is -2.45. The van der Waals surface area contributed by atoms with Crippen molar-refractivity contribution in [2.24, 2.45) is 10.9 Å². The third-order valence-corrected chi connectivity index (χ3v) is 5.29. The second-order valence-electron chi connectivity index (χ2n) is 5.43. The van der Waals surface area contributed by atoms with Crippen LogP contribution in [0.15, 0.2) is 4.99 Å². The van der Waals surface area contributed by atoms with E-state index in [2.05, 4.69) is 15.6 Å². The zero-order valence-corrected chi connectivity index (χ0v) is 17.5. The summed E-state index contributed by atoms with van der Waals surface area (Å²) in [5.41, 5.74) is -5.23. The van der Waals surface area contributed by atoms with Gasteiger partial charge in [-0.05, 0) is 25.7 Å². The zero-order valence-electron chi connectivity index (χ0n) is 14.3. The molecule has 0 aromatic carbocycles. The van der Waals surface area contributed by atoms with Crippen molar-refractivity contribution in [3.8, 4) is 0 Å². The number of aliphatic imine (C=N–C) groups is 1. The van der Waals surface area contributed by atoms with Crippen molar-refractivity contribution in [1.82, 2.24) is 14.9 Å². The highest BCUT2D eigenvalue weighted by molar-refractivity contribution is 14.0. The maximum Gasteiger partial charge on any atom is 0.511 e. The van der Waals surface area contributed by atoms with Gasteiger partial charge in [0.15, 0.2) is 5.96 Å². The van der Waals surface area contributed by atoms with Crippen LogP contribution < -0.4 is 10.6 Å². The molecule has 0 bridgehead atoms. The summed E-state index contributed by atoms with van der Waals surface area (Å²) in [6.45, 7) is 3.89. The fourth-order valence-corrected chi connectivity index (χ4v) is 3.30. The lowest BCUT2D eigenvalue weighted by atomic mass is 9.98. The number of ether oxygens (including phenoxy) is 1. The standard InChI is InChI=1S/C13H25F3N4O3S.HI/c1-3-17-12(18-6-9-23-2)19-10-11-4-7-20(8-5-11)24(21,22)13(14,15)16;/h11H,3-10H2,1-2H3,(H2,17,18,19);1H. The van der Waals surface area contributed by atoms with Crippen LogP contribution in [0.1, 0.15) is 19.8 Å². The van der Waals surface area contributed by atoms with Crippen molar-refractivity contribution in [3.63, 3.8) is 0 Å². The molecule has 1 saturated heterocycles. The van der Waals surface area contributed by atoms with Gasteiger partial charge in [0.1, 0.15) is 0 Å². The van der Waals surface area contributed by atoms with Gasteiger partial charge in [0, 0.05) is 39.8 Å². The summed E-state index contributed by atoms with van der Waals surface area (Å²) in [6, 6.07) is 0. The molecular weight excluding hydrogens is 476 g/mol. The number of piperidine rings is 1. The number of sulfonamides is 1. The van der Waals surface area contributed by atoms with Gasteiger partial charge in [-0.2, -0.15) is 17.5 Å². The number of hydrogen-bond donors (Lipinski definition) is 2. The first kappa shape index (κ1) is 24.7. The molecule has 150 valence electrons. The molecule has 0 aromatic rings. The van der Waals surface area contributed by atoms with E-state index in [1.807, 2.05) is 6.92 Å². The molecule has 25 heavy (non-hydrogen) atoms. The molecule has 0 spiro atoms. The van der Waals surface area contributed by atoms with Gasteiger partial charge < -0.3 is 15.4 Å². The van der Waals surface area contributed by atoms with E-state index in [9.17, 15) is 21.6 Å². The molecule has 1 fully saturated rings. The number of methoxy groups -OCH3 is 1. The van der Waals surface area contributed by atoms with E-state index < -0.39 is 15.5 Å². The second-order valence-corrected chi connectivity index (χ2v) is 7.36. The molecule has 1 aliphatic rings. The number of alkyl halides is 3. The molecule has 2 N–H and O–H groups in total. The van der Waals surface area contributed by atoms with Gasteiger partial charge >= 0.3 is 15.5 Å². The molecule has 0 aromatic heterocycles. The summed E-state index contributed by atoms with van der Waals surface area (Å²) in [5.74, 6) is 0.669. The fraction of sp³-hybridized carbons (Fsp3) is 0.923. The van der Waals surface area contributed by atoms with Gasteiger partial charge in [-0.25, -0.2) is 8.42 Å². The molecular formula is C13H26F3IN4O3S. The van der Waals surface area contributed by atoms with Gasteiger partial charge in [0.2, 0.25) is 0 Å². The van der Waals surface area contributed by atoms with Crippen LogP contribution in [0.4, 0.5) is 13.2 Å². The summed E-state index contributed by atoms with van der Waals surface area (Å²) in [4.78, 5) is 4.39. The van der Waals surface area contributed by atoms with Crippen LogP contribution >= 0.6 is 24.0 Å². The van der Waals surface area contributed by atoms with Gasteiger partial charge in [-0.15, -0.1) is 24.0 Å². The zero-order chi connectivity index (χ0) is 18.2. The SMILES string of the molecule is CCNC(=NCC1CCN(S(=O)(=O)C(F)(F)F)CC1)NCCOC.I. The Morgan fingerprint density at radius 2 is 1.88 bits per heavy atom. The van der Waals surface area contributed by atoms with Gasteiger partial charge in [-0.1, -0.05) is 0 Å². The maximum absolute atomic E-state index is 12.5. The summed E-state index contributed by atoms with van der Waals surface area (Å²) < 4.78 is 65.7. The average Bonchev–Trinajstić information content (AvgIpc) is 2.52. The quantitative estimate of drug-likeness (QED) is 0.238. The van der Waals surface area contributed by atoms with Crippen molar-refractivity contribution < 1.29 is 26.3 Å². The van der Waals surface area contributed by atoms with Gasteiger partial charge in [-0.3, -0.25) is 4.99 Å². The van der Waals surface area contributed by atoms with Crippen LogP contribution in [0, 0.1) is 5.92 Å². The highest BCUT2D eigenvalue weighted by Crippen LogP contribution is 2.30. The third kappa shape index (κ3) is 7.83. The van der Waals surface area contributed by atoms with E-state index in [0.29, 0.717) is 49.3 Å². The Morgan fingerprint density at radius 3 is 2.36 bits per heavy atom. The fourth-order valence-electron chi connectivity index (χ4n) is 2.31. The van der Waals surface area contributed by atoms with E-state index in [4.69, 9.17) is 4.74 Å². The third-order valence-electron chi connectivity index (χ3n) is 3.66. The number of rotatable bonds is 7. The number of hydrogen-bond acceptors (Lipinski definition) is 4. The Kier molecular flexibility index (Phi) is 11.2. The van der Waals surface area contributed by atoms with Crippen LogP contribution in [-0.2, 0) is 14.8 Å². The number of nitrogens with zero attached hydrogens (tertiary/aromatic N) is 2. The molecule has 0 unspecified atom stereocenters. The van der Waals surface area contributed by atoms with Crippen LogP contribution in [0.5, 0.6) is 0 Å². The largest absolute Gasteiger partial charge is 0.511 e. The smallest absolute Gasteiger partial charge is 0.383 e. The maximum atomic E-state index is 12.5. The Labute approximate surface area is 163 Å². The highest BCUT2D eigenvalue weighted by Gasteiger charge is 2.50. The lowest BCUT2D eigenvalue weighted by molar-refractivity contribution is -0.0496. The predicted octanol–water partition coefficient (Wildman–Crippen LogP) is 1.37. The first-order valence-corrected chi connectivity index (χ1v) is 9.24. The van der Waals surface area contributed by atoms with Crippen LogP contribution in [0.25, 0.3) is 0 Å². The van der Waals surface area contributed by atoms with Crippen molar-refractivity contribution in [2.45, 2.75) is 25.3 Å².